The first kappa shape index (κ1) is 13.6. The molecule has 0 aliphatic heterocycles. The topological polar surface area (TPSA) is 26.0 Å². The highest BCUT2D eigenvalue weighted by atomic mass is 14.6. The van der Waals surface area contributed by atoms with Crippen LogP contribution >= 0.6 is 0 Å². The van der Waals surface area contributed by atoms with E-state index in [1.165, 1.54) is 55.2 Å². The van der Waals surface area contributed by atoms with Crippen LogP contribution in [0, 0.1) is 19.8 Å². The van der Waals surface area contributed by atoms with Gasteiger partial charge >= 0.3 is 0 Å². The van der Waals surface area contributed by atoms with Crippen molar-refractivity contribution in [2.45, 2.75) is 58.3 Å². The Bertz CT molecular complexity index is 375. The molecule has 0 bridgehead atoms. The number of nitrogens with two attached hydrogens (primary N) is 1. The van der Waals surface area contributed by atoms with Crippen molar-refractivity contribution in [1.29, 1.82) is 0 Å². The predicted octanol–water partition coefficient (Wildman–Crippen LogP) is 4.32. The van der Waals surface area contributed by atoms with Gasteiger partial charge in [0.1, 0.15) is 0 Å². The molecular weight excluding hydrogens is 218 g/mol. The van der Waals surface area contributed by atoms with E-state index in [0.29, 0.717) is 5.92 Å². The van der Waals surface area contributed by atoms with Crippen molar-refractivity contribution in [2.75, 3.05) is 6.54 Å². The number of benzene rings is 1. The lowest BCUT2D eigenvalue weighted by Crippen LogP contribution is -2.22. The van der Waals surface area contributed by atoms with Crippen molar-refractivity contribution in [3.8, 4) is 0 Å². The molecule has 1 aromatic rings. The molecule has 1 fully saturated rings. The maximum Gasteiger partial charge on any atom is -0.000546 e. The van der Waals surface area contributed by atoms with Gasteiger partial charge in [-0.1, -0.05) is 49.4 Å². The summed E-state index contributed by atoms with van der Waals surface area (Å²) in [7, 11) is 0. The van der Waals surface area contributed by atoms with Gasteiger partial charge in [-0.05, 0) is 56.2 Å². The fraction of sp³-hybridized carbons (Fsp3) is 0.647. The van der Waals surface area contributed by atoms with Crippen molar-refractivity contribution in [1.82, 2.24) is 0 Å². The highest BCUT2D eigenvalue weighted by Gasteiger charge is 2.24. The van der Waals surface area contributed by atoms with Gasteiger partial charge in [0, 0.05) is 0 Å². The summed E-state index contributed by atoms with van der Waals surface area (Å²) >= 11 is 0. The van der Waals surface area contributed by atoms with E-state index < -0.39 is 0 Å². The van der Waals surface area contributed by atoms with Crippen molar-refractivity contribution < 1.29 is 0 Å². The zero-order valence-electron chi connectivity index (χ0n) is 11.9. The van der Waals surface area contributed by atoms with E-state index in [1.54, 1.807) is 0 Å². The van der Waals surface area contributed by atoms with Crippen LogP contribution in [0.1, 0.15) is 61.1 Å². The normalized spacial score (nSPS) is 19.5. The molecule has 1 heteroatoms. The minimum Gasteiger partial charge on any atom is -0.330 e. The van der Waals surface area contributed by atoms with Crippen LogP contribution in [-0.2, 0) is 0 Å². The molecule has 2 rings (SSSR count). The zero-order valence-corrected chi connectivity index (χ0v) is 11.9. The second-order valence-electron chi connectivity index (χ2n) is 5.95. The van der Waals surface area contributed by atoms with E-state index in [0.717, 1.165) is 12.5 Å². The Kier molecular flexibility index (Phi) is 4.82. The predicted molar refractivity (Wildman–Crippen MR) is 78.9 cm³/mol. The molecule has 1 atom stereocenters. The molecule has 1 aromatic carbocycles. The Morgan fingerprint density at radius 1 is 1.11 bits per heavy atom. The lowest BCUT2D eigenvalue weighted by molar-refractivity contribution is 0.379. The standard InChI is InChI=1S/C17H27N/c1-13-9-10-16(14(2)11-13)17(12-18)15-7-5-3-4-6-8-15/h9-11,15,17H,3-8,12,18H2,1-2H3. The van der Waals surface area contributed by atoms with E-state index in [2.05, 4.69) is 32.0 Å². The molecule has 0 heterocycles. The van der Waals surface area contributed by atoms with E-state index in [9.17, 15) is 0 Å². The summed E-state index contributed by atoms with van der Waals surface area (Å²) in [5.74, 6) is 1.38. The lowest BCUT2D eigenvalue weighted by atomic mass is 9.79. The molecule has 100 valence electrons. The van der Waals surface area contributed by atoms with Gasteiger partial charge < -0.3 is 5.73 Å². The Labute approximate surface area is 112 Å². The summed E-state index contributed by atoms with van der Waals surface area (Å²) < 4.78 is 0. The second-order valence-corrected chi connectivity index (χ2v) is 5.95. The van der Waals surface area contributed by atoms with Gasteiger partial charge in [-0.15, -0.1) is 0 Å². The number of rotatable bonds is 3. The summed E-state index contributed by atoms with van der Waals surface area (Å²) in [6.07, 6.45) is 8.36. The van der Waals surface area contributed by atoms with Crippen molar-refractivity contribution in [2.24, 2.45) is 11.7 Å². The quantitative estimate of drug-likeness (QED) is 0.789. The fourth-order valence-electron chi connectivity index (χ4n) is 3.53. The van der Waals surface area contributed by atoms with Crippen LogP contribution in [0.5, 0.6) is 0 Å². The van der Waals surface area contributed by atoms with E-state index in [4.69, 9.17) is 5.73 Å². The molecule has 0 aromatic heterocycles. The van der Waals surface area contributed by atoms with Crippen LogP contribution in [0.4, 0.5) is 0 Å². The van der Waals surface area contributed by atoms with Gasteiger partial charge in [0.2, 0.25) is 0 Å². The first-order valence-electron chi connectivity index (χ1n) is 7.49. The molecule has 1 nitrogen and oxygen atoms in total. The van der Waals surface area contributed by atoms with E-state index >= 15 is 0 Å². The first-order valence-corrected chi connectivity index (χ1v) is 7.49. The van der Waals surface area contributed by atoms with Crippen molar-refractivity contribution in [3.63, 3.8) is 0 Å². The third-order valence-electron chi connectivity index (χ3n) is 4.55. The van der Waals surface area contributed by atoms with Gasteiger partial charge in [0.15, 0.2) is 0 Å². The molecule has 1 unspecified atom stereocenters. The summed E-state index contributed by atoms with van der Waals surface area (Å²) in [6, 6.07) is 6.85. The lowest BCUT2D eigenvalue weighted by Gasteiger charge is -2.27. The fourth-order valence-corrected chi connectivity index (χ4v) is 3.53. The number of hydrogen-bond acceptors (Lipinski definition) is 1. The van der Waals surface area contributed by atoms with Crippen LogP contribution < -0.4 is 5.73 Å². The van der Waals surface area contributed by atoms with E-state index in [1.807, 2.05) is 0 Å². The minimum absolute atomic E-state index is 0.573. The second kappa shape index (κ2) is 6.38. The molecule has 2 N–H and O–H groups in total. The monoisotopic (exact) mass is 245 g/mol. The number of aryl methyl sites for hydroxylation is 2. The van der Waals surface area contributed by atoms with Crippen LogP contribution in [0.25, 0.3) is 0 Å². The zero-order chi connectivity index (χ0) is 13.0. The molecular formula is C17H27N. The SMILES string of the molecule is Cc1ccc(C(CN)C2CCCCCC2)c(C)c1. The van der Waals surface area contributed by atoms with Gasteiger partial charge in [0.25, 0.3) is 0 Å². The van der Waals surface area contributed by atoms with Crippen LogP contribution in [0.3, 0.4) is 0 Å². The molecule has 0 spiro atoms. The number of hydrogen-bond donors (Lipinski definition) is 1. The van der Waals surface area contributed by atoms with Gasteiger partial charge in [-0.3, -0.25) is 0 Å². The van der Waals surface area contributed by atoms with Crippen molar-refractivity contribution in [3.05, 3.63) is 34.9 Å². The maximum atomic E-state index is 6.09. The summed E-state index contributed by atoms with van der Waals surface area (Å²) in [5.41, 5.74) is 10.4. The Morgan fingerprint density at radius 2 is 1.78 bits per heavy atom. The molecule has 1 aliphatic rings. The molecule has 18 heavy (non-hydrogen) atoms. The van der Waals surface area contributed by atoms with Crippen LogP contribution in [0.15, 0.2) is 18.2 Å². The summed E-state index contributed by atoms with van der Waals surface area (Å²) in [4.78, 5) is 0. The first-order chi connectivity index (χ1) is 8.72. The Hall–Kier alpha value is -0.820. The van der Waals surface area contributed by atoms with Crippen LogP contribution in [-0.4, -0.2) is 6.54 Å². The summed E-state index contributed by atoms with van der Waals surface area (Å²) in [5, 5.41) is 0. The molecule has 0 radical (unpaired) electrons. The maximum absolute atomic E-state index is 6.09. The van der Waals surface area contributed by atoms with Crippen molar-refractivity contribution >= 4 is 0 Å². The smallest absolute Gasteiger partial charge is 0.000546 e. The van der Waals surface area contributed by atoms with Gasteiger partial charge in [0.05, 0.1) is 0 Å². The Morgan fingerprint density at radius 3 is 2.33 bits per heavy atom. The molecule has 1 saturated carbocycles. The third kappa shape index (κ3) is 3.14. The third-order valence-corrected chi connectivity index (χ3v) is 4.55. The van der Waals surface area contributed by atoms with Gasteiger partial charge in [-0.25, -0.2) is 0 Å². The average molecular weight is 245 g/mol. The molecule has 0 saturated heterocycles. The van der Waals surface area contributed by atoms with E-state index in [-0.39, 0.29) is 0 Å². The highest BCUT2D eigenvalue weighted by molar-refractivity contribution is 5.33. The summed E-state index contributed by atoms with van der Waals surface area (Å²) in [6.45, 7) is 5.20. The van der Waals surface area contributed by atoms with Crippen LogP contribution in [0.2, 0.25) is 0 Å². The molecule has 1 aliphatic carbocycles. The average Bonchev–Trinajstić information content (AvgIpc) is 2.62. The molecule has 0 amide bonds. The largest absolute Gasteiger partial charge is 0.330 e. The minimum atomic E-state index is 0.573. The highest BCUT2D eigenvalue weighted by Crippen LogP contribution is 2.35. The Balaban J connectivity index is 2.20. The van der Waals surface area contributed by atoms with Gasteiger partial charge in [-0.2, -0.15) is 0 Å².